The van der Waals surface area contributed by atoms with Gasteiger partial charge in [0.05, 0.1) is 39.6 Å². The molecule has 6 nitrogen and oxygen atoms in total. The monoisotopic (exact) mass is 413 g/mol. The van der Waals surface area contributed by atoms with Crippen molar-refractivity contribution in [2.24, 2.45) is 0 Å². The molecule has 0 aromatic heterocycles. The maximum Gasteiger partial charge on any atom is 0.161 e. The van der Waals surface area contributed by atoms with Crippen LogP contribution in [-0.2, 0) is 11.3 Å². The third-order valence-electron chi connectivity index (χ3n) is 5.70. The summed E-state index contributed by atoms with van der Waals surface area (Å²) in [5, 5.41) is 10.5. The fourth-order valence-electron chi connectivity index (χ4n) is 4.17. The predicted octanol–water partition coefficient (Wildman–Crippen LogP) is 3.57. The van der Waals surface area contributed by atoms with Gasteiger partial charge in [-0.1, -0.05) is 18.2 Å². The smallest absolute Gasteiger partial charge is 0.161 e. The fraction of sp³-hybridized carbons (Fsp3) is 0.500. The number of hydrogen-bond donors (Lipinski definition) is 1. The van der Waals surface area contributed by atoms with E-state index in [1.54, 1.807) is 7.11 Å². The molecule has 2 aliphatic heterocycles. The number of ether oxygens (including phenoxy) is 4. The molecule has 30 heavy (non-hydrogen) atoms. The van der Waals surface area contributed by atoms with Gasteiger partial charge in [-0.2, -0.15) is 0 Å². The average Bonchev–Trinajstić information content (AvgIpc) is 3.09. The highest BCUT2D eigenvalue weighted by Gasteiger charge is 2.28. The van der Waals surface area contributed by atoms with E-state index in [1.165, 1.54) is 5.56 Å². The lowest BCUT2D eigenvalue weighted by atomic mass is 10.0. The molecule has 0 saturated carbocycles. The van der Waals surface area contributed by atoms with Crippen LogP contribution in [0.3, 0.4) is 0 Å². The molecule has 2 aromatic carbocycles. The van der Waals surface area contributed by atoms with Crippen LogP contribution in [0.25, 0.3) is 0 Å². The molecule has 2 heterocycles. The summed E-state index contributed by atoms with van der Waals surface area (Å²) >= 11 is 0. The van der Waals surface area contributed by atoms with Gasteiger partial charge in [0.25, 0.3) is 0 Å². The molecule has 1 fully saturated rings. The van der Waals surface area contributed by atoms with Gasteiger partial charge < -0.3 is 24.1 Å². The van der Waals surface area contributed by atoms with E-state index in [2.05, 4.69) is 17.0 Å². The van der Waals surface area contributed by atoms with Crippen molar-refractivity contribution in [3.63, 3.8) is 0 Å². The van der Waals surface area contributed by atoms with Crippen LogP contribution in [-0.4, -0.2) is 56.1 Å². The minimum Gasteiger partial charge on any atom is -0.497 e. The Kier molecular flexibility index (Phi) is 7.10. The molecule has 0 aliphatic carbocycles. The van der Waals surface area contributed by atoms with Gasteiger partial charge in [-0.05, 0) is 54.8 Å². The van der Waals surface area contributed by atoms with Crippen molar-refractivity contribution in [2.45, 2.75) is 38.0 Å². The van der Waals surface area contributed by atoms with E-state index in [0.29, 0.717) is 39.0 Å². The first kappa shape index (κ1) is 21.0. The van der Waals surface area contributed by atoms with Gasteiger partial charge in [0.2, 0.25) is 0 Å². The van der Waals surface area contributed by atoms with E-state index in [-0.39, 0.29) is 0 Å². The zero-order valence-electron chi connectivity index (χ0n) is 17.6. The number of hydrogen-bond acceptors (Lipinski definition) is 6. The predicted molar refractivity (Wildman–Crippen MR) is 114 cm³/mol. The Morgan fingerprint density at radius 2 is 1.87 bits per heavy atom. The van der Waals surface area contributed by atoms with Crippen molar-refractivity contribution >= 4 is 0 Å². The van der Waals surface area contributed by atoms with Crippen LogP contribution < -0.4 is 14.2 Å². The summed E-state index contributed by atoms with van der Waals surface area (Å²) in [4.78, 5) is 2.35. The van der Waals surface area contributed by atoms with Crippen LogP contribution in [0.1, 0.15) is 36.4 Å². The minimum atomic E-state index is -0.524. The third-order valence-corrected chi connectivity index (χ3v) is 5.70. The Balaban J connectivity index is 1.29. The summed E-state index contributed by atoms with van der Waals surface area (Å²) in [6.07, 6.45) is 2.59. The maximum absolute atomic E-state index is 10.5. The second kappa shape index (κ2) is 10.2. The molecule has 2 atom stereocenters. The Bertz CT molecular complexity index is 810. The van der Waals surface area contributed by atoms with Crippen LogP contribution >= 0.6 is 0 Å². The number of methoxy groups -OCH3 is 1. The molecule has 2 aliphatic rings. The molecule has 0 spiro atoms. The van der Waals surface area contributed by atoms with E-state index in [9.17, 15) is 5.11 Å². The number of benzene rings is 2. The van der Waals surface area contributed by atoms with E-state index >= 15 is 0 Å². The summed E-state index contributed by atoms with van der Waals surface area (Å²) in [6.45, 7) is 3.76. The second-order valence-electron chi connectivity index (χ2n) is 7.93. The van der Waals surface area contributed by atoms with Crippen molar-refractivity contribution in [1.82, 2.24) is 4.90 Å². The second-order valence-corrected chi connectivity index (χ2v) is 7.93. The van der Waals surface area contributed by atoms with Crippen molar-refractivity contribution in [2.75, 3.05) is 40.0 Å². The zero-order chi connectivity index (χ0) is 20.8. The topological polar surface area (TPSA) is 60.4 Å². The molecule has 0 amide bonds. The lowest BCUT2D eigenvalue weighted by molar-refractivity contribution is 0.00770. The number of rotatable bonds is 8. The average molecular weight is 414 g/mol. The first-order valence-corrected chi connectivity index (χ1v) is 10.8. The largest absolute Gasteiger partial charge is 0.497 e. The number of fused-ring (bicyclic) bond motifs is 1. The molecule has 4 rings (SSSR count). The number of aliphatic hydroxyl groups excluding tert-OH is 1. The first-order valence-electron chi connectivity index (χ1n) is 10.8. The summed E-state index contributed by atoms with van der Waals surface area (Å²) in [5.74, 6) is 2.49. The Morgan fingerprint density at radius 1 is 1.07 bits per heavy atom. The SMILES string of the molecule is COc1ccc(COC[C@H](O)CN2CCC[C@@H]2c2ccc3c(c2)OCCCO3)cc1. The number of β-amino-alcohol motifs (C(OH)–C–C–N with tert-alkyl or cyclic N) is 1. The molecule has 162 valence electrons. The van der Waals surface area contributed by atoms with Crippen molar-refractivity contribution in [1.29, 1.82) is 0 Å². The van der Waals surface area contributed by atoms with Gasteiger partial charge >= 0.3 is 0 Å². The van der Waals surface area contributed by atoms with Gasteiger partial charge in [-0.15, -0.1) is 0 Å². The molecule has 1 N–H and O–H groups in total. The molecule has 6 heteroatoms. The van der Waals surface area contributed by atoms with Crippen LogP contribution in [0.15, 0.2) is 42.5 Å². The number of nitrogens with zero attached hydrogens (tertiary/aromatic N) is 1. The lowest BCUT2D eigenvalue weighted by Gasteiger charge is -2.27. The highest BCUT2D eigenvalue weighted by Crippen LogP contribution is 2.37. The van der Waals surface area contributed by atoms with Crippen molar-refractivity contribution in [3.05, 3.63) is 53.6 Å². The van der Waals surface area contributed by atoms with Gasteiger partial charge in [-0.3, -0.25) is 4.90 Å². The number of likely N-dealkylation sites (tertiary alicyclic amines) is 1. The quantitative estimate of drug-likeness (QED) is 0.714. The highest BCUT2D eigenvalue weighted by atomic mass is 16.5. The van der Waals surface area contributed by atoms with Crippen LogP contribution in [0.5, 0.6) is 17.2 Å². The van der Waals surface area contributed by atoms with Crippen molar-refractivity contribution < 1.29 is 24.1 Å². The van der Waals surface area contributed by atoms with E-state index < -0.39 is 6.10 Å². The molecule has 0 bridgehead atoms. The van der Waals surface area contributed by atoms with Gasteiger partial charge in [-0.25, -0.2) is 0 Å². The third kappa shape index (κ3) is 5.25. The van der Waals surface area contributed by atoms with Gasteiger partial charge in [0.15, 0.2) is 11.5 Å². The fourth-order valence-corrected chi connectivity index (χ4v) is 4.17. The summed E-state index contributed by atoms with van der Waals surface area (Å²) in [5.41, 5.74) is 2.29. The standard InChI is InChI=1S/C24H31NO5/c1-27-21-8-5-18(6-9-21)16-28-17-20(26)15-25-11-2-4-22(25)19-7-10-23-24(14-19)30-13-3-12-29-23/h5-10,14,20,22,26H,2-4,11-13,15-17H2,1H3/t20-,22-/m1/s1. The summed E-state index contributed by atoms with van der Waals surface area (Å²) < 4.78 is 22.5. The molecule has 2 aromatic rings. The van der Waals surface area contributed by atoms with Crippen LogP contribution in [0.2, 0.25) is 0 Å². The van der Waals surface area contributed by atoms with Gasteiger partial charge in [0.1, 0.15) is 5.75 Å². The molecule has 0 unspecified atom stereocenters. The molecular formula is C24H31NO5. The van der Waals surface area contributed by atoms with E-state index in [4.69, 9.17) is 18.9 Å². The van der Waals surface area contributed by atoms with E-state index in [0.717, 1.165) is 48.6 Å². The van der Waals surface area contributed by atoms with Crippen molar-refractivity contribution in [3.8, 4) is 17.2 Å². The first-order chi connectivity index (χ1) is 14.7. The van der Waals surface area contributed by atoms with Crippen LogP contribution in [0, 0.1) is 0 Å². The Morgan fingerprint density at radius 3 is 2.67 bits per heavy atom. The van der Waals surface area contributed by atoms with E-state index in [1.807, 2.05) is 30.3 Å². The van der Waals surface area contributed by atoms with Gasteiger partial charge in [0, 0.05) is 19.0 Å². The lowest BCUT2D eigenvalue weighted by Crippen LogP contribution is -2.34. The highest BCUT2D eigenvalue weighted by molar-refractivity contribution is 5.44. The van der Waals surface area contributed by atoms with Crippen LogP contribution in [0.4, 0.5) is 0 Å². The summed E-state index contributed by atoms with van der Waals surface area (Å²) in [6, 6.07) is 14.3. The maximum atomic E-state index is 10.5. The Hall–Kier alpha value is -2.28. The Labute approximate surface area is 178 Å². The normalized spacial score (nSPS) is 20.0. The summed E-state index contributed by atoms with van der Waals surface area (Å²) in [7, 11) is 1.65. The molecular weight excluding hydrogens is 382 g/mol. The zero-order valence-corrected chi connectivity index (χ0v) is 17.6. The minimum absolute atomic E-state index is 0.290. The molecule has 0 radical (unpaired) electrons. The number of aliphatic hydroxyl groups is 1. The molecule has 1 saturated heterocycles.